The molecule has 1 aromatic heterocycles. The van der Waals surface area contributed by atoms with Crippen molar-refractivity contribution < 1.29 is 19.1 Å². The van der Waals surface area contributed by atoms with Crippen molar-refractivity contribution in [1.82, 2.24) is 9.80 Å². The Morgan fingerprint density at radius 3 is 2.53 bits per heavy atom. The number of aliphatic carboxylic acids is 1. The van der Waals surface area contributed by atoms with E-state index in [2.05, 4.69) is 0 Å². The molecule has 102 valence electrons. The van der Waals surface area contributed by atoms with Gasteiger partial charge in [-0.2, -0.15) is 0 Å². The molecule has 6 heteroatoms. The number of likely N-dealkylation sites (tertiary alicyclic amines) is 1. The van der Waals surface area contributed by atoms with Crippen molar-refractivity contribution in [3.8, 4) is 0 Å². The second-order valence-corrected chi connectivity index (χ2v) is 5.16. The molecule has 1 amide bonds. The molecule has 1 N–H and O–H groups in total. The molecule has 2 aliphatic heterocycles. The van der Waals surface area contributed by atoms with Crippen molar-refractivity contribution in [2.24, 2.45) is 0 Å². The van der Waals surface area contributed by atoms with Gasteiger partial charge in [0.25, 0.3) is 5.91 Å². The fourth-order valence-corrected chi connectivity index (χ4v) is 3.17. The largest absolute Gasteiger partial charge is 0.480 e. The summed E-state index contributed by atoms with van der Waals surface area (Å²) in [6.07, 6.45) is 3.37. The first-order valence-electron chi connectivity index (χ1n) is 6.45. The number of carboxylic acid groups (broad SMARTS) is 1. The zero-order valence-corrected chi connectivity index (χ0v) is 10.5. The Kier molecular flexibility index (Phi) is 3.02. The number of carboxylic acids is 1. The molecule has 2 unspecified atom stereocenters. The second-order valence-electron chi connectivity index (χ2n) is 5.16. The van der Waals surface area contributed by atoms with Gasteiger partial charge in [-0.3, -0.25) is 14.5 Å². The van der Waals surface area contributed by atoms with Gasteiger partial charge in [0.1, 0.15) is 0 Å². The molecule has 2 bridgehead atoms. The first kappa shape index (κ1) is 12.2. The van der Waals surface area contributed by atoms with Crippen LogP contribution in [0.25, 0.3) is 0 Å². The van der Waals surface area contributed by atoms with E-state index in [9.17, 15) is 9.59 Å². The quantitative estimate of drug-likeness (QED) is 0.867. The van der Waals surface area contributed by atoms with Crippen LogP contribution in [0.4, 0.5) is 0 Å². The third kappa shape index (κ3) is 2.23. The number of amides is 1. The Morgan fingerprint density at radius 1 is 1.32 bits per heavy atom. The van der Waals surface area contributed by atoms with Crippen LogP contribution in [-0.2, 0) is 4.79 Å². The molecule has 3 heterocycles. The number of fused-ring (bicyclic) bond motifs is 2. The smallest absolute Gasteiger partial charge is 0.317 e. The lowest BCUT2D eigenvalue weighted by molar-refractivity contribution is -0.138. The van der Waals surface area contributed by atoms with Crippen LogP contribution < -0.4 is 0 Å². The maximum Gasteiger partial charge on any atom is 0.317 e. The van der Waals surface area contributed by atoms with Crippen molar-refractivity contribution in [2.45, 2.75) is 24.9 Å². The van der Waals surface area contributed by atoms with Crippen LogP contribution in [0.3, 0.4) is 0 Å². The lowest BCUT2D eigenvalue weighted by atomic mass is 10.1. The molecule has 6 nitrogen and oxygen atoms in total. The van der Waals surface area contributed by atoms with Gasteiger partial charge in [0.05, 0.1) is 12.8 Å². The zero-order valence-electron chi connectivity index (χ0n) is 10.5. The van der Waals surface area contributed by atoms with Crippen LogP contribution in [0.15, 0.2) is 22.8 Å². The van der Waals surface area contributed by atoms with Crippen molar-refractivity contribution in [3.63, 3.8) is 0 Å². The van der Waals surface area contributed by atoms with Gasteiger partial charge in [0.2, 0.25) is 0 Å². The Labute approximate surface area is 110 Å². The first-order valence-corrected chi connectivity index (χ1v) is 6.45. The van der Waals surface area contributed by atoms with Crippen molar-refractivity contribution in [1.29, 1.82) is 0 Å². The van der Waals surface area contributed by atoms with Gasteiger partial charge in [-0.1, -0.05) is 0 Å². The van der Waals surface area contributed by atoms with E-state index < -0.39 is 5.97 Å². The summed E-state index contributed by atoms with van der Waals surface area (Å²) in [5, 5.41) is 8.85. The molecule has 2 atom stereocenters. The van der Waals surface area contributed by atoms with Gasteiger partial charge in [-0.15, -0.1) is 0 Å². The average Bonchev–Trinajstić information content (AvgIpc) is 2.95. The highest BCUT2D eigenvalue weighted by Crippen LogP contribution is 2.31. The monoisotopic (exact) mass is 264 g/mol. The molecule has 0 aliphatic carbocycles. The number of piperazine rings is 1. The molecule has 0 spiro atoms. The van der Waals surface area contributed by atoms with Gasteiger partial charge in [0.15, 0.2) is 5.76 Å². The molecule has 0 saturated carbocycles. The fourth-order valence-electron chi connectivity index (χ4n) is 3.17. The number of furan rings is 1. The minimum absolute atomic E-state index is 0.0514. The van der Waals surface area contributed by atoms with E-state index in [-0.39, 0.29) is 24.5 Å². The molecular formula is C13H16N2O4. The van der Waals surface area contributed by atoms with Crippen molar-refractivity contribution in [2.75, 3.05) is 19.6 Å². The Balaban J connectivity index is 1.73. The number of hydrogen-bond donors (Lipinski definition) is 1. The molecular weight excluding hydrogens is 248 g/mol. The maximum atomic E-state index is 12.3. The molecule has 19 heavy (non-hydrogen) atoms. The number of carbonyl (C=O) groups is 2. The van der Waals surface area contributed by atoms with Crippen LogP contribution in [0.5, 0.6) is 0 Å². The summed E-state index contributed by atoms with van der Waals surface area (Å²) in [6.45, 7) is 1.32. The molecule has 0 radical (unpaired) electrons. The van der Waals surface area contributed by atoms with Gasteiger partial charge < -0.3 is 14.4 Å². The Morgan fingerprint density at radius 2 is 2.00 bits per heavy atom. The summed E-state index contributed by atoms with van der Waals surface area (Å²) >= 11 is 0. The number of nitrogens with zero attached hydrogens (tertiary/aromatic N) is 2. The summed E-state index contributed by atoms with van der Waals surface area (Å²) in [6, 6.07) is 3.59. The predicted octanol–water partition coefficient (Wildman–Crippen LogP) is 0.653. The Bertz CT molecular complexity index is 471. The van der Waals surface area contributed by atoms with Gasteiger partial charge in [-0.25, -0.2) is 0 Å². The molecule has 2 saturated heterocycles. The lowest BCUT2D eigenvalue weighted by Gasteiger charge is -2.40. The van der Waals surface area contributed by atoms with Gasteiger partial charge in [0, 0.05) is 25.2 Å². The highest BCUT2D eigenvalue weighted by atomic mass is 16.4. The fraction of sp³-hybridized carbons (Fsp3) is 0.538. The highest BCUT2D eigenvalue weighted by Gasteiger charge is 2.43. The highest BCUT2D eigenvalue weighted by molar-refractivity contribution is 5.92. The normalized spacial score (nSPS) is 26.6. The Hall–Kier alpha value is -1.82. The first-order chi connectivity index (χ1) is 9.15. The van der Waals surface area contributed by atoms with Gasteiger partial charge >= 0.3 is 5.97 Å². The predicted molar refractivity (Wildman–Crippen MR) is 65.8 cm³/mol. The van der Waals surface area contributed by atoms with Crippen LogP contribution in [0.1, 0.15) is 23.4 Å². The second kappa shape index (κ2) is 4.70. The topological polar surface area (TPSA) is 74.0 Å². The average molecular weight is 264 g/mol. The minimum Gasteiger partial charge on any atom is -0.480 e. The minimum atomic E-state index is -0.815. The van der Waals surface area contributed by atoms with Crippen LogP contribution in [0.2, 0.25) is 0 Å². The van der Waals surface area contributed by atoms with E-state index in [1.165, 1.54) is 6.26 Å². The maximum absolute atomic E-state index is 12.3. The summed E-state index contributed by atoms with van der Waals surface area (Å²) < 4.78 is 5.17. The zero-order chi connectivity index (χ0) is 13.4. The molecule has 0 aromatic carbocycles. The summed E-state index contributed by atoms with van der Waals surface area (Å²) in [5.41, 5.74) is 0. The summed E-state index contributed by atoms with van der Waals surface area (Å²) in [5.74, 6) is -0.527. The van der Waals surface area contributed by atoms with E-state index in [1.54, 1.807) is 12.1 Å². The van der Waals surface area contributed by atoms with E-state index >= 15 is 0 Å². The lowest BCUT2D eigenvalue weighted by Crippen LogP contribution is -2.56. The third-order valence-corrected chi connectivity index (χ3v) is 3.88. The van der Waals surface area contributed by atoms with Gasteiger partial charge in [-0.05, 0) is 25.0 Å². The van der Waals surface area contributed by atoms with E-state index in [0.717, 1.165) is 12.8 Å². The SMILES string of the molecule is O=C(O)CN1CC2CCC(C1)N2C(=O)c1ccco1. The molecule has 2 aliphatic rings. The van der Waals surface area contributed by atoms with E-state index in [4.69, 9.17) is 9.52 Å². The number of rotatable bonds is 3. The van der Waals surface area contributed by atoms with Crippen LogP contribution in [0, 0.1) is 0 Å². The summed E-state index contributed by atoms with van der Waals surface area (Å²) in [7, 11) is 0. The standard InChI is InChI=1S/C13H16N2O4/c16-12(17)8-14-6-9-3-4-10(7-14)15(9)13(18)11-2-1-5-19-11/h1-2,5,9-10H,3-4,6-8H2,(H,16,17). The van der Waals surface area contributed by atoms with Crippen LogP contribution >= 0.6 is 0 Å². The van der Waals surface area contributed by atoms with Crippen molar-refractivity contribution in [3.05, 3.63) is 24.2 Å². The third-order valence-electron chi connectivity index (χ3n) is 3.88. The van der Waals surface area contributed by atoms with E-state index in [1.807, 2.05) is 9.80 Å². The molecule has 2 fully saturated rings. The number of carbonyl (C=O) groups excluding carboxylic acids is 1. The van der Waals surface area contributed by atoms with Crippen molar-refractivity contribution >= 4 is 11.9 Å². The number of hydrogen-bond acceptors (Lipinski definition) is 4. The molecule has 3 rings (SSSR count). The summed E-state index contributed by atoms with van der Waals surface area (Å²) in [4.78, 5) is 26.9. The van der Waals surface area contributed by atoms with E-state index in [0.29, 0.717) is 18.8 Å². The molecule has 1 aromatic rings. The van der Waals surface area contributed by atoms with Crippen LogP contribution in [-0.4, -0.2) is 58.5 Å².